The van der Waals surface area contributed by atoms with Crippen molar-refractivity contribution in [2.75, 3.05) is 0 Å². The molecule has 6 rings (SSSR count). The van der Waals surface area contributed by atoms with Gasteiger partial charge >= 0.3 is 0 Å². The van der Waals surface area contributed by atoms with Crippen LogP contribution in [0.25, 0.3) is 53.3 Å². The molecule has 4 aromatic carbocycles. The second-order valence-corrected chi connectivity index (χ2v) is 9.64. The van der Waals surface area contributed by atoms with Crippen molar-refractivity contribution in [1.29, 1.82) is 0 Å². The van der Waals surface area contributed by atoms with Crippen molar-refractivity contribution in [3.63, 3.8) is 0 Å². The topological polar surface area (TPSA) is 50.2 Å². The van der Waals surface area contributed by atoms with E-state index in [1.165, 1.54) is 62.0 Å². The van der Waals surface area contributed by atoms with Gasteiger partial charge in [0.25, 0.3) is 0 Å². The first kappa shape index (κ1) is 26.4. The largest absolute Gasteiger partial charge is 0.512 e. The fourth-order valence-electron chi connectivity index (χ4n) is 4.28. The molecule has 0 aliphatic rings. The molecular weight excluding hydrogens is 655 g/mol. The Balaban J connectivity index is 0.000000356. The molecule has 0 bridgehead atoms. The number of fused-ring (bicyclic) bond motifs is 4. The van der Waals surface area contributed by atoms with Crippen LogP contribution in [0.3, 0.4) is 0 Å². The molecule has 3 nitrogen and oxygen atoms in total. The summed E-state index contributed by atoms with van der Waals surface area (Å²) in [4.78, 5) is 16.0. The van der Waals surface area contributed by atoms with E-state index in [1.54, 1.807) is 11.3 Å². The third-order valence-electron chi connectivity index (χ3n) is 5.84. The standard InChI is InChI=1S/C27H16NS.C5H8O2.Ir/c1-2-7-19(8-3-1)25-17-22-14-15-28-26(27(22)29-25)21-12-13-24-20(16-21)11-10-18-6-4-5-9-23(18)24;1-4(6)3-5(2)7;/h1-11,13-17H;3,6H,1-2H3;/q-1;;/b;4-3-;. The zero-order valence-electron chi connectivity index (χ0n) is 20.4. The maximum atomic E-state index is 10.0. The Morgan fingerprint density at radius 3 is 2.32 bits per heavy atom. The summed E-state index contributed by atoms with van der Waals surface area (Å²) < 4.78 is 1.21. The van der Waals surface area contributed by atoms with Crippen LogP contribution >= 0.6 is 11.3 Å². The third-order valence-corrected chi connectivity index (χ3v) is 7.04. The molecule has 2 heterocycles. The van der Waals surface area contributed by atoms with Crippen molar-refractivity contribution >= 4 is 48.8 Å². The number of ketones is 1. The minimum atomic E-state index is -0.125. The molecule has 185 valence electrons. The van der Waals surface area contributed by atoms with Crippen molar-refractivity contribution in [3.8, 4) is 21.7 Å². The van der Waals surface area contributed by atoms with Crippen molar-refractivity contribution in [1.82, 2.24) is 4.98 Å². The van der Waals surface area contributed by atoms with E-state index in [4.69, 9.17) is 10.1 Å². The summed E-state index contributed by atoms with van der Waals surface area (Å²) in [7, 11) is 0. The predicted molar refractivity (Wildman–Crippen MR) is 151 cm³/mol. The molecule has 0 atom stereocenters. The van der Waals surface area contributed by atoms with Crippen LogP contribution in [0.2, 0.25) is 0 Å². The van der Waals surface area contributed by atoms with Crippen LogP contribution in [0.5, 0.6) is 0 Å². The van der Waals surface area contributed by atoms with Crippen molar-refractivity contribution in [2.45, 2.75) is 13.8 Å². The maximum absolute atomic E-state index is 10.0. The van der Waals surface area contributed by atoms with Crippen molar-refractivity contribution < 1.29 is 30.0 Å². The summed E-state index contributed by atoms with van der Waals surface area (Å²) in [6.45, 7) is 2.85. The van der Waals surface area contributed by atoms with Crippen molar-refractivity contribution in [3.05, 3.63) is 115 Å². The number of allylic oxidation sites excluding steroid dienone is 2. The smallest absolute Gasteiger partial charge is 0.155 e. The van der Waals surface area contributed by atoms with Gasteiger partial charge in [-0.3, -0.25) is 4.79 Å². The molecule has 0 aliphatic carbocycles. The van der Waals surface area contributed by atoms with Gasteiger partial charge in [0.1, 0.15) is 0 Å². The fraction of sp³-hybridized carbons (Fsp3) is 0.0625. The fourth-order valence-corrected chi connectivity index (χ4v) is 5.44. The Morgan fingerprint density at radius 2 is 1.59 bits per heavy atom. The van der Waals surface area contributed by atoms with E-state index in [1.807, 2.05) is 6.20 Å². The number of carbonyl (C=O) groups is 1. The maximum Gasteiger partial charge on any atom is 0.155 e. The summed E-state index contributed by atoms with van der Waals surface area (Å²) in [5.74, 6) is -0.0625. The summed E-state index contributed by atoms with van der Waals surface area (Å²) in [5.41, 5.74) is 3.29. The Hall–Kier alpha value is -3.63. The molecule has 0 fully saturated rings. The van der Waals surface area contributed by atoms with Crippen LogP contribution in [-0.2, 0) is 24.9 Å². The Labute approximate surface area is 233 Å². The average molecular weight is 679 g/mol. The van der Waals surface area contributed by atoms with E-state index < -0.39 is 0 Å². The van der Waals surface area contributed by atoms with Gasteiger partial charge in [-0.25, -0.2) is 0 Å². The molecule has 0 aliphatic heterocycles. The molecule has 5 heteroatoms. The normalized spacial score (nSPS) is 11.1. The summed E-state index contributed by atoms with van der Waals surface area (Å²) >= 11 is 1.80. The van der Waals surface area contributed by atoms with E-state index in [0.29, 0.717) is 0 Å². The molecule has 0 saturated carbocycles. The zero-order valence-corrected chi connectivity index (χ0v) is 23.6. The Kier molecular flexibility index (Phi) is 8.30. The quantitative estimate of drug-likeness (QED) is 0.0882. The van der Waals surface area contributed by atoms with Crippen LogP contribution in [0, 0.1) is 6.07 Å². The number of hydrogen-bond acceptors (Lipinski definition) is 4. The van der Waals surface area contributed by atoms with Crippen LogP contribution < -0.4 is 0 Å². The molecule has 37 heavy (non-hydrogen) atoms. The minimum absolute atomic E-state index is 0. The van der Waals surface area contributed by atoms with Crippen LogP contribution in [0.1, 0.15) is 13.8 Å². The SMILES string of the molecule is CC(=O)/C=C(/C)O.[Ir].[c-]1cc2c(ccc3ccccc32)cc1-c1nccc2cc(-c3ccccc3)sc12. The molecule has 1 radical (unpaired) electrons. The minimum Gasteiger partial charge on any atom is -0.512 e. The summed E-state index contributed by atoms with van der Waals surface area (Å²) in [5, 5.41) is 14.6. The second-order valence-electron chi connectivity index (χ2n) is 8.59. The van der Waals surface area contributed by atoms with Gasteiger partial charge in [0.05, 0.1) is 5.76 Å². The number of thiophene rings is 1. The van der Waals surface area contributed by atoms with Gasteiger partial charge in [-0.15, -0.1) is 40.5 Å². The monoisotopic (exact) mass is 679 g/mol. The molecule has 2 aromatic heterocycles. The summed E-state index contributed by atoms with van der Waals surface area (Å²) in [6.07, 6.45) is 3.07. The van der Waals surface area contributed by atoms with Gasteiger partial charge in [0, 0.05) is 47.6 Å². The van der Waals surface area contributed by atoms with Gasteiger partial charge < -0.3 is 10.1 Å². The molecular formula is C32H24IrNO2S-. The van der Waals surface area contributed by atoms with Gasteiger partial charge in [-0.2, -0.15) is 0 Å². The molecule has 6 aromatic rings. The third kappa shape index (κ3) is 5.86. The van der Waals surface area contributed by atoms with E-state index in [2.05, 4.69) is 97.1 Å². The number of rotatable bonds is 3. The Bertz CT molecular complexity index is 1730. The van der Waals surface area contributed by atoms with Crippen molar-refractivity contribution in [2.24, 2.45) is 0 Å². The molecule has 0 saturated heterocycles. The number of aromatic nitrogens is 1. The number of aliphatic hydroxyl groups is 1. The number of aliphatic hydroxyl groups excluding tert-OH is 1. The number of nitrogens with zero attached hydrogens (tertiary/aromatic N) is 1. The van der Waals surface area contributed by atoms with Gasteiger partial charge in [0.15, 0.2) is 5.78 Å². The number of hydrogen-bond donors (Lipinski definition) is 1. The van der Waals surface area contributed by atoms with E-state index in [9.17, 15) is 4.79 Å². The van der Waals surface area contributed by atoms with Crippen LogP contribution in [0.4, 0.5) is 0 Å². The van der Waals surface area contributed by atoms with Crippen LogP contribution in [0.15, 0.2) is 109 Å². The predicted octanol–water partition coefficient (Wildman–Crippen LogP) is 8.77. The second kappa shape index (κ2) is 11.6. The first-order valence-corrected chi connectivity index (χ1v) is 12.5. The van der Waals surface area contributed by atoms with Gasteiger partial charge in [-0.05, 0) is 42.3 Å². The Morgan fingerprint density at radius 1 is 0.865 bits per heavy atom. The first-order valence-electron chi connectivity index (χ1n) is 11.6. The first-order chi connectivity index (χ1) is 17.5. The molecule has 0 amide bonds. The molecule has 0 unspecified atom stereocenters. The van der Waals surface area contributed by atoms with E-state index in [-0.39, 0.29) is 31.6 Å². The van der Waals surface area contributed by atoms with Gasteiger partial charge in [-0.1, -0.05) is 77.5 Å². The molecule has 0 spiro atoms. The number of carbonyl (C=O) groups excluding carboxylic acids is 1. The van der Waals surface area contributed by atoms with Crippen LogP contribution in [-0.4, -0.2) is 15.9 Å². The number of pyridine rings is 1. The number of benzene rings is 4. The molecule has 1 N–H and O–H groups in total. The van der Waals surface area contributed by atoms with E-state index >= 15 is 0 Å². The van der Waals surface area contributed by atoms with Gasteiger partial charge in [0.2, 0.25) is 0 Å². The van der Waals surface area contributed by atoms with E-state index in [0.717, 1.165) is 11.3 Å². The summed E-state index contributed by atoms with van der Waals surface area (Å²) in [6, 6.07) is 35.6. The average Bonchev–Trinajstić information content (AvgIpc) is 3.33. The zero-order chi connectivity index (χ0) is 25.1.